The van der Waals surface area contributed by atoms with E-state index in [1.807, 2.05) is 6.92 Å². The topological polar surface area (TPSA) is 128 Å². The van der Waals surface area contributed by atoms with Gasteiger partial charge in [-0.2, -0.15) is 17.5 Å². The fraction of sp³-hybridized carbons (Fsp3) is 0.357. The zero-order valence-electron chi connectivity index (χ0n) is 23.5. The van der Waals surface area contributed by atoms with Crippen LogP contribution < -0.4 is 15.4 Å². The average Bonchev–Trinajstić information content (AvgIpc) is 3.51. The van der Waals surface area contributed by atoms with Gasteiger partial charge in [-0.1, -0.05) is 13.0 Å². The molecule has 3 atom stereocenters. The van der Waals surface area contributed by atoms with E-state index >= 15 is 0 Å². The Morgan fingerprint density at radius 2 is 1.81 bits per heavy atom. The van der Waals surface area contributed by atoms with Gasteiger partial charge in [-0.25, -0.2) is 13.2 Å². The van der Waals surface area contributed by atoms with Crippen LogP contribution in [0, 0.1) is 5.92 Å². The summed E-state index contributed by atoms with van der Waals surface area (Å²) in [4.78, 5) is 27.7. The first-order valence-corrected chi connectivity index (χ1v) is 15.5. The van der Waals surface area contributed by atoms with Gasteiger partial charge in [0.05, 0.1) is 30.3 Å². The lowest BCUT2D eigenvalue weighted by atomic mass is 9.99. The van der Waals surface area contributed by atoms with Crippen LogP contribution in [0.25, 0.3) is 0 Å². The Hall–Kier alpha value is -3.66. The van der Waals surface area contributed by atoms with Gasteiger partial charge >= 0.3 is 12.2 Å². The van der Waals surface area contributed by atoms with Crippen molar-refractivity contribution in [1.29, 1.82) is 0 Å². The van der Waals surface area contributed by atoms with Crippen molar-refractivity contribution in [3.63, 3.8) is 0 Å². The van der Waals surface area contributed by atoms with Crippen molar-refractivity contribution in [2.24, 2.45) is 5.92 Å². The van der Waals surface area contributed by atoms with Crippen LogP contribution in [-0.2, 0) is 16.2 Å². The summed E-state index contributed by atoms with van der Waals surface area (Å²) >= 11 is 1.10. The Morgan fingerprint density at radius 1 is 1.16 bits per heavy atom. The quantitative estimate of drug-likeness (QED) is 0.320. The van der Waals surface area contributed by atoms with Gasteiger partial charge < -0.3 is 25.4 Å². The Kier molecular flexibility index (Phi) is 9.69. The molecule has 0 saturated carbocycles. The number of urea groups is 1. The summed E-state index contributed by atoms with van der Waals surface area (Å²) in [5.74, 6) is -0.639. The zero-order chi connectivity index (χ0) is 31.5. The first-order chi connectivity index (χ1) is 20.2. The van der Waals surface area contributed by atoms with E-state index in [0.717, 1.165) is 35.6 Å². The van der Waals surface area contributed by atoms with Gasteiger partial charge in [-0.05, 0) is 60.8 Å². The molecule has 0 spiro atoms. The summed E-state index contributed by atoms with van der Waals surface area (Å²) in [6, 6.07) is 10.1. The molecule has 1 aliphatic rings. The summed E-state index contributed by atoms with van der Waals surface area (Å²) in [5, 5.41) is 16.5. The van der Waals surface area contributed by atoms with Crippen molar-refractivity contribution < 1.29 is 41.0 Å². The molecule has 3 aromatic rings. The minimum absolute atomic E-state index is 0.0219. The highest BCUT2D eigenvalue weighted by molar-refractivity contribution is 7.91. The molecule has 4 rings (SSSR count). The summed E-state index contributed by atoms with van der Waals surface area (Å²) in [7, 11) is -2.33. The molecule has 0 saturated heterocycles. The molecule has 1 aromatic heterocycles. The van der Waals surface area contributed by atoms with E-state index in [2.05, 4.69) is 10.6 Å². The third-order valence-corrected chi connectivity index (χ3v) is 10.2. The maximum atomic E-state index is 13.6. The van der Waals surface area contributed by atoms with E-state index in [9.17, 15) is 36.3 Å². The molecule has 0 unspecified atom stereocenters. The van der Waals surface area contributed by atoms with Crippen molar-refractivity contribution >= 4 is 44.7 Å². The number of nitrogens with one attached hydrogen (secondary N) is 2. The van der Waals surface area contributed by atoms with E-state index in [0.29, 0.717) is 0 Å². The maximum absolute atomic E-state index is 13.6. The molecule has 1 aliphatic heterocycles. The number of hydrogen-bond donors (Lipinski definition) is 3. The number of carbonyl (C=O) groups is 2. The van der Waals surface area contributed by atoms with Crippen LogP contribution in [0.2, 0.25) is 0 Å². The number of benzene rings is 2. The predicted molar refractivity (Wildman–Crippen MR) is 156 cm³/mol. The largest absolute Gasteiger partial charge is 0.488 e. The Bertz CT molecular complexity index is 1550. The molecule has 0 aliphatic carbocycles. The van der Waals surface area contributed by atoms with E-state index in [1.165, 1.54) is 40.5 Å². The number of halogens is 3. The van der Waals surface area contributed by atoms with E-state index in [4.69, 9.17) is 4.74 Å². The highest BCUT2D eigenvalue weighted by atomic mass is 32.2. The van der Waals surface area contributed by atoms with E-state index < -0.39 is 45.8 Å². The van der Waals surface area contributed by atoms with Crippen LogP contribution >= 0.6 is 11.3 Å². The second kappa shape index (κ2) is 12.9. The standard InChI is InChI=1S/C28H31F3N4O6S2/c1-17-14-35(18(2)16-36)26(37)22-13-21(33-27(38)32-20-8-6-19(7-9-20)28(29,30)31)10-11-23(22)41-24(17)15-34(3)43(39,40)25-5-4-12-42-25/h4-13,17-18,24,36H,14-16H2,1-3H3,(H2,32,33,38)/t17-,18-,24-/m0/s1. The smallest absolute Gasteiger partial charge is 0.416 e. The third-order valence-electron chi connectivity index (χ3n) is 6.99. The van der Waals surface area contributed by atoms with Gasteiger partial charge in [0, 0.05) is 30.9 Å². The molecule has 2 heterocycles. The van der Waals surface area contributed by atoms with Crippen molar-refractivity contribution in [3.05, 3.63) is 71.1 Å². The minimum atomic E-state index is -4.51. The average molecular weight is 641 g/mol. The van der Waals surface area contributed by atoms with Crippen LogP contribution in [0.4, 0.5) is 29.3 Å². The Morgan fingerprint density at radius 3 is 2.42 bits per heavy atom. The van der Waals surface area contributed by atoms with Crippen molar-refractivity contribution in [2.45, 2.75) is 36.4 Å². The Labute approximate surface area is 251 Å². The highest BCUT2D eigenvalue weighted by Gasteiger charge is 2.35. The molecule has 15 heteroatoms. The van der Waals surface area contributed by atoms with Gasteiger partial charge in [0.15, 0.2) is 0 Å². The van der Waals surface area contributed by atoms with Gasteiger partial charge in [0.2, 0.25) is 0 Å². The molecule has 0 bridgehead atoms. The molecule has 0 radical (unpaired) electrons. The number of amides is 3. The lowest BCUT2D eigenvalue weighted by molar-refractivity contribution is -0.137. The summed E-state index contributed by atoms with van der Waals surface area (Å²) < 4.78 is 72.2. The number of sulfonamides is 1. The van der Waals surface area contributed by atoms with E-state index in [1.54, 1.807) is 18.4 Å². The number of fused-ring (bicyclic) bond motifs is 1. The number of likely N-dealkylation sites (N-methyl/N-ethyl adjacent to an activating group) is 1. The second-order valence-electron chi connectivity index (χ2n) is 10.2. The highest BCUT2D eigenvalue weighted by Crippen LogP contribution is 2.32. The molecular formula is C28H31F3N4O6S2. The van der Waals surface area contributed by atoms with Crippen LogP contribution in [0.15, 0.2) is 64.2 Å². The lowest BCUT2D eigenvalue weighted by Gasteiger charge is -2.38. The molecule has 10 nitrogen and oxygen atoms in total. The number of aliphatic hydroxyl groups is 1. The van der Waals surface area contributed by atoms with Crippen molar-refractivity contribution in [1.82, 2.24) is 9.21 Å². The number of carbonyl (C=O) groups excluding carboxylic acids is 2. The van der Waals surface area contributed by atoms with Crippen LogP contribution in [0.5, 0.6) is 5.75 Å². The predicted octanol–water partition coefficient (Wildman–Crippen LogP) is 4.95. The summed E-state index contributed by atoms with van der Waals surface area (Å²) in [6.45, 7) is 3.32. The number of anilines is 2. The monoisotopic (exact) mass is 640 g/mol. The van der Waals surface area contributed by atoms with Crippen molar-refractivity contribution in [2.75, 3.05) is 37.4 Å². The normalized spacial score (nSPS) is 18.3. The molecule has 43 heavy (non-hydrogen) atoms. The fourth-order valence-corrected chi connectivity index (χ4v) is 6.85. The summed E-state index contributed by atoms with van der Waals surface area (Å²) in [5.41, 5.74) is -0.464. The first-order valence-electron chi connectivity index (χ1n) is 13.2. The fourth-order valence-electron chi connectivity index (χ4n) is 4.47. The van der Waals surface area contributed by atoms with Gasteiger partial charge in [0.1, 0.15) is 16.1 Å². The SMILES string of the molecule is C[C@H]1CN([C@@H](C)CO)C(=O)c2cc(NC(=O)Nc3ccc(C(F)(F)F)cc3)ccc2O[C@H]1CN(C)S(=O)(=O)c1cccs1. The van der Waals surface area contributed by atoms with Crippen LogP contribution in [0.3, 0.4) is 0 Å². The Balaban J connectivity index is 1.58. The zero-order valence-corrected chi connectivity index (χ0v) is 25.1. The van der Waals surface area contributed by atoms with E-state index in [-0.39, 0.29) is 52.5 Å². The van der Waals surface area contributed by atoms with Gasteiger partial charge in [-0.15, -0.1) is 11.3 Å². The minimum Gasteiger partial charge on any atom is -0.488 e. The molecule has 3 N–H and O–H groups in total. The molecular weight excluding hydrogens is 609 g/mol. The number of hydrogen-bond acceptors (Lipinski definition) is 7. The molecule has 0 fully saturated rings. The molecule has 232 valence electrons. The van der Waals surface area contributed by atoms with Crippen LogP contribution in [0.1, 0.15) is 29.8 Å². The lowest BCUT2D eigenvalue weighted by Crippen LogP contribution is -2.50. The second-order valence-corrected chi connectivity index (χ2v) is 13.4. The third kappa shape index (κ3) is 7.47. The van der Waals surface area contributed by atoms with Gasteiger partial charge in [-0.3, -0.25) is 4.79 Å². The maximum Gasteiger partial charge on any atom is 0.416 e. The van der Waals surface area contributed by atoms with Crippen molar-refractivity contribution in [3.8, 4) is 5.75 Å². The first kappa shape index (κ1) is 32.3. The molecule has 2 aromatic carbocycles. The number of ether oxygens (including phenoxy) is 1. The number of nitrogens with zero attached hydrogens (tertiary/aromatic N) is 2. The van der Waals surface area contributed by atoms with Gasteiger partial charge in [0.25, 0.3) is 15.9 Å². The summed E-state index contributed by atoms with van der Waals surface area (Å²) in [6.07, 6.45) is -5.19. The van der Waals surface area contributed by atoms with Crippen LogP contribution in [-0.4, -0.2) is 73.6 Å². The number of rotatable bonds is 8. The number of thiophene rings is 1. The number of alkyl halides is 3. The number of aliphatic hydroxyl groups excluding tert-OH is 1. The molecule has 3 amide bonds.